The van der Waals surface area contributed by atoms with Crippen molar-refractivity contribution in [3.8, 4) is 6.26 Å². The van der Waals surface area contributed by atoms with Gasteiger partial charge in [-0.3, -0.25) is 24.2 Å². The predicted octanol–water partition coefficient (Wildman–Crippen LogP) is -2.13. The van der Waals surface area contributed by atoms with Gasteiger partial charge in [0.15, 0.2) is 0 Å². The van der Waals surface area contributed by atoms with Crippen LogP contribution in [-0.2, 0) is 23.9 Å². The average Bonchev–Trinajstić information content (AvgIpc) is 2.33. The zero-order valence-corrected chi connectivity index (χ0v) is 11.5. The van der Waals surface area contributed by atoms with Crippen LogP contribution < -0.4 is 0 Å². The maximum absolute atomic E-state index is 11.2. The van der Waals surface area contributed by atoms with Gasteiger partial charge in [0, 0.05) is 13.1 Å². The lowest BCUT2D eigenvalue weighted by atomic mass is 10.4. The fourth-order valence-electron chi connectivity index (χ4n) is 1.55. The molecule has 22 heavy (non-hydrogen) atoms. The molecule has 0 amide bonds. The highest BCUT2D eigenvalue weighted by molar-refractivity contribution is 5.74. The molecule has 0 heterocycles. The van der Waals surface area contributed by atoms with Gasteiger partial charge in [0.25, 0.3) is 6.26 Å². The lowest BCUT2D eigenvalue weighted by Gasteiger charge is -2.23. The van der Waals surface area contributed by atoms with Crippen molar-refractivity contribution in [3.05, 3.63) is 0 Å². The minimum Gasteiger partial charge on any atom is -0.480 e. The molecular formula is C11H15N3O8. The van der Waals surface area contributed by atoms with E-state index in [-0.39, 0.29) is 13.1 Å². The molecule has 11 nitrogen and oxygen atoms in total. The quantitative estimate of drug-likeness (QED) is 0.281. The summed E-state index contributed by atoms with van der Waals surface area (Å²) in [5, 5.41) is 34.2. The van der Waals surface area contributed by atoms with E-state index < -0.39 is 50.1 Å². The number of ether oxygens (including phenoxy) is 1. The van der Waals surface area contributed by atoms with Crippen molar-refractivity contribution in [1.82, 2.24) is 9.80 Å². The molecule has 0 aliphatic rings. The molecule has 0 unspecified atom stereocenters. The molecule has 3 N–H and O–H groups in total. The molecule has 0 atom stereocenters. The number of aliphatic carboxylic acids is 3. The topological polar surface area (TPSA) is 168 Å². The molecule has 0 bridgehead atoms. The summed E-state index contributed by atoms with van der Waals surface area (Å²) >= 11 is 0. The summed E-state index contributed by atoms with van der Waals surface area (Å²) in [5.74, 6) is -4.69. The summed E-state index contributed by atoms with van der Waals surface area (Å²) in [7, 11) is 0. The summed E-state index contributed by atoms with van der Waals surface area (Å²) in [5.41, 5.74) is 0. The van der Waals surface area contributed by atoms with E-state index in [0.29, 0.717) is 0 Å². The predicted molar refractivity (Wildman–Crippen MR) is 67.5 cm³/mol. The molecule has 0 aliphatic carbocycles. The van der Waals surface area contributed by atoms with Crippen LogP contribution in [0.5, 0.6) is 0 Å². The smallest absolute Gasteiger partial charge is 0.335 e. The van der Waals surface area contributed by atoms with Crippen LogP contribution in [0.3, 0.4) is 0 Å². The first-order chi connectivity index (χ1) is 10.2. The zero-order chi connectivity index (χ0) is 17.1. The van der Waals surface area contributed by atoms with E-state index in [0.717, 1.165) is 16.1 Å². The number of carboxylic acids is 3. The largest absolute Gasteiger partial charge is 0.480 e. The third-order valence-electron chi connectivity index (χ3n) is 2.32. The third kappa shape index (κ3) is 10.1. The molecule has 0 saturated carbocycles. The Morgan fingerprint density at radius 2 is 1.18 bits per heavy atom. The Morgan fingerprint density at radius 1 is 0.818 bits per heavy atom. The van der Waals surface area contributed by atoms with Gasteiger partial charge >= 0.3 is 23.9 Å². The second-order valence-electron chi connectivity index (χ2n) is 4.17. The van der Waals surface area contributed by atoms with E-state index in [1.54, 1.807) is 0 Å². The Kier molecular flexibility index (Phi) is 8.84. The molecule has 11 heteroatoms. The number of carbonyl (C=O) groups is 4. The maximum Gasteiger partial charge on any atom is 0.335 e. The molecule has 0 aromatic rings. The number of esters is 1. The summed E-state index contributed by atoms with van der Waals surface area (Å²) in [4.78, 5) is 45.3. The Hall–Kier alpha value is -2.71. The first-order valence-electron chi connectivity index (χ1n) is 5.93. The number of hydrogen-bond acceptors (Lipinski definition) is 8. The van der Waals surface area contributed by atoms with Crippen molar-refractivity contribution in [2.45, 2.75) is 0 Å². The van der Waals surface area contributed by atoms with Gasteiger partial charge in [-0.05, 0) is 0 Å². The number of carboxylic acid groups (broad SMARTS) is 3. The number of rotatable bonds is 11. The minimum atomic E-state index is -1.24. The lowest BCUT2D eigenvalue weighted by Crippen LogP contribution is -2.43. The average molecular weight is 317 g/mol. The maximum atomic E-state index is 11.2. The van der Waals surface area contributed by atoms with E-state index in [1.165, 1.54) is 0 Å². The van der Waals surface area contributed by atoms with E-state index in [1.807, 2.05) is 0 Å². The zero-order valence-electron chi connectivity index (χ0n) is 11.5. The van der Waals surface area contributed by atoms with Crippen LogP contribution in [0.4, 0.5) is 0 Å². The molecule has 0 spiro atoms. The molecule has 0 aromatic carbocycles. The van der Waals surface area contributed by atoms with E-state index in [9.17, 15) is 19.2 Å². The van der Waals surface area contributed by atoms with E-state index >= 15 is 0 Å². The van der Waals surface area contributed by atoms with Gasteiger partial charge in [0.05, 0.1) is 26.2 Å². The Balaban J connectivity index is 4.63. The van der Waals surface area contributed by atoms with Crippen molar-refractivity contribution < 1.29 is 39.2 Å². The van der Waals surface area contributed by atoms with E-state index in [4.69, 9.17) is 20.6 Å². The van der Waals surface area contributed by atoms with Gasteiger partial charge in [-0.1, -0.05) is 0 Å². The number of nitriles is 1. The van der Waals surface area contributed by atoms with Gasteiger partial charge in [0.2, 0.25) is 0 Å². The minimum absolute atomic E-state index is 0.0899. The Morgan fingerprint density at radius 3 is 1.50 bits per heavy atom. The highest BCUT2D eigenvalue weighted by Crippen LogP contribution is 1.95. The second-order valence-corrected chi connectivity index (χ2v) is 4.17. The normalized spacial score (nSPS) is 10.2. The van der Waals surface area contributed by atoms with Crippen LogP contribution in [0.2, 0.25) is 0 Å². The highest BCUT2D eigenvalue weighted by atomic mass is 16.5. The van der Waals surface area contributed by atoms with Gasteiger partial charge in [0.1, 0.15) is 0 Å². The Bertz CT molecular complexity index is 456. The van der Waals surface area contributed by atoms with Crippen molar-refractivity contribution in [2.24, 2.45) is 0 Å². The van der Waals surface area contributed by atoms with Gasteiger partial charge in [-0.15, -0.1) is 5.26 Å². The van der Waals surface area contributed by atoms with Gasteiger partial charge in [-0.25, -0.2) is 4.79 Å². The number of nitrogens with zero attached hydrogens (tertiary/aromatic N) is 3. The van der Waals surface area contributed by atoms with Crippen molar-refractivity contribution in [1.29, 1.82) is 5.26 Å². The SMILES string of the molecule is N#COC(=O)CN(CCN(CC(=O)O)CC(=O)O)CC(=O)O. The van der Waals surface area contributed by atoms with Crippen LogP contribution >= 0.6 is 0 Å². The summed E-state index contributed by atoms with van der Waals surface area (Å²) < 4.78 is 4.02. The second kappa shape index (κ2) is 10.1. The van der Waals surface area contributed by atoms with Crippen LogP contribution in [0.15, 0.2) is 0 Å². The third-order valence-corrected chi connectivity index (χ3v) is 2.32. The van der Waals surface area contributed by atoms with E-state index in [2.05, 4.69) is 4.74 Å². The molecule has 0 aromatic heterocycles. The van der Waals surface area contributed by atoms with Gasteiger partial charge in [-0.2, -0.15) is 0 Å². The molecule has 0 aliphatic heterocycles. The highest BCUT2D eigenvalue weighted by Gasteiger charge is 2.19. The molecule has 0 saturated heterocycles. The lowest BCUT2D eigenvalue weighted by molar-refractivity contribution is -0.145. The fourth-order valence-corrected chi connectivity index (χ4v) is 1.55. The summed E-state index contributed by atoms with van der Waals surface area (Å²) in [6.45, 7) is -2.31. The summed E-state index contributed by atoms with van der Waals surface area (Å²) in [6.07, 6.45) is 1.15. The number of carbonyl (C=O) groups excluding carboxylic acids is 1. The molecule has 122 valence electrons. The first-order valence-corrected chi connectivity index (χ1v) is 5.93. The van der Waals surface area contributed by atoms with Gasteiger partial charge < -0.3 is 20.1 Å². The summed E-state index contributed by atoms with van der Waals surface area (Å²) in [6, 6.07) is 0. The van der Waals surface area contributed by atoms with Crippen molar-refractivity contribution in [3.63, 3.8) is 0 Å². The standard InChI is InChI=1S/C11H15N3O8/c12-7-22-11(21)6-14(5-10(19)20)2-1-13(3-8(15)16)4-9(17)18/h1-6H2,(H,15,16)(H,17,18)(H,19,20). The van der Waals surface area contributed by atoms with Crippen LogP contribution in [0, 0.1) is 11.5 Å². The molecular weight excluding hydrogens is 302 g/mol. The Labute approximate surface area is 124 Å². The monoisotopic (exact) mass is 317 g/mol. The first kappa shape index (κ1) is 19.3. The number of hydrogen-bond donors (Lipinski definition) is 3. The molecule has 0 fully saturated rings. The van der Waals surface area contributed by atoms with Crippen molar-refractivity contribution >= 4 is 23.9 Å². The molecule has 0 rings (SSSR count). The fraction of sp³-hybridized carbons (Fsp3) is 0.545. The van der Waals surface area contributed by atoms with Crippen LogP contribution in [0.25, 0.3) is 0 Å². The molecule has 0 radical (unpaired) electrons. The van der Waals surface area contributed by atoms with Crippen molar-refractivity contribution in [2.75, 3.05) is 39.3 Å². The van der Waals surface area contributed by atoms with Crippen LogP contribution in [0.1, 0.15) is 0 Å². The van der Waals surface area contributed by atoms with Crippen LogP contribution in [-0.4, -0.2) is 88.3 Å².